The number of hydrogen-bond acceptors (Lipinski definition) is 5. The lowest BCUT2D eigenvalue weighted by Gasteiger charge is -2.11. The van der Waals surface area contributed by atoms with Gasteiger partial charge in [0.05, 0.1) is 12.1 Å². The van der Waals surface area contributed by atoms with Crippen LogP contribution < -0.4 is 10.1 Å². The molecule has 23 heavy (non-hydrogen) atoms. The zero-order valence-electron chi connectivity index (χ0n) is 12.5. The highest BCUT2D eigenvalue weighted by atomic mass is 19.3. The Bertz CT molecular complexity index is 578. The molecular formula is C14H16F2N2O5. The van der Waals surface area contributed by atoms with Crippen molar-refractivity contribution in [1.29, 1.82) is 0 Å². The summed E-state index contributed by atoms with van der Waals surface area (Å²) in [4.78, 5) is 35.7. The van der Waals surface area contributed by atoms with E-state index in [1.165, 1.54) is 37.2 Å². The van der Waals surface area contributed by atoms with E-state index >= 15 is 0 Å². The summed E-state index contributed by atoms with van der Waals surface area (Å²) in [5.74, 6) is -2.05. The van der Waals surface area contributed by atoms with Gasteiger partial charge in [-0.1, -0.05) is 6.07 Å². The topological polar surface area (TPSA) is 84.9 Å². The minimum absolute atomic E-state index is 0.0414. The molecule has 1 rings (SSSR count). The first kappa shape index (κ1) is 18.3. The van der Waals surface area contributed by atoms with Crippen LogP contribution in [0.1, 0.15) is 10.4 Å². The van der Waals surface area contributed by atoms with Gasteiger partial charge in [0.25, 0.3) is 5.91 Å². The highest BCUT2D eigenvalue weighted by molar-refractivity contribution is 5.92. The first-order chi connectivity index (χ1) is 10.8. The number of carbonyl (C=O) groups excluding carboxylic acids is 3. The van der Waals surface area contributed by atoms with Crippen molar-refractivity contribution in [2.45, 2.75) is 6.61 Å². The molecule has 0 radical (unpaired) electrons. The molecule has 7 nitrogen and oxygen atoms in total. The van der Waals surface area contributed by atoms with Crippen LogP contribution in [0, 0.1) is 0 Å². The van der Waals surface area contributed by atoms with Crippen molar-refractivity contribution in [2.75, 3.05) is 27.2 Å². The number of rotatable bonds is 7. The molecule has 0 aliphatic heterocycles. The third-order valence-corrected chi connectivity index (χ3v) is 2.56. The van der Waals surface area contributed by atoms with E-state index in [0.717, 1.165) is 6.07 Å². The van der Waals surface area contributed by atoms with Gasteiger partial charge in [-0.15, -0.1) is 0 Å². The number of ether oxygens (including phenoxy) is 2. The van der Waals surface area contributed by atoms with Crippen LogP contribution >= 0.6 is 0 Å². The standard InChI is InChI=1S/C14H16F2N2O5/c1-18(2)12(20)7-17-11(19)8-22-13(21)9-4-3-5-10(6-9)23-14(15)16/h3-6,14H,7-8H2,1-2H3,(H,17,19). The van der Waals surface area contributed by atoms with Gasteiger partial charge in [-0.3, -0.25) is 9.59 Å². The van der Waals surface area contributed by atoms with Crippen molar-refractivity contribution in [2.24, 2.45) is 0 Å². The van der Waals surface area contributed by atoms with Gasteiger partial charge >= 0.3 is 12.6 Å². The summed E-state index contributed by atoms with van der Waals surface area (Å²) in [6.45, 7) is -3.83. The van der Waals surface area contributed by atoms with Gasteiger partial charge in [-0.25, -0.2) is 4.79 Å². The first-order valence-corrected chi connectivity index (χ1v) is 6.48. The molecule has 126 valence electrons. The van der Waals surface area contributed by atoms with E-state index in [0.29, 0.717) is 0 Å². The third-order valence-electron chi connectivity index (χ3n) is 2.56. The monoisotopic (exact) mass is 330 g/mol. The van der Waals surface area contributed by atoms with Crippen molar-refractivity contribution in [3.05, 3.63) is 29.8 Å². The van der Waals surface area contributed by atoms with Gasteiger partial charge < -0.3 is 19.7 Å². The number of hydrogen-bond donors (Lipinski definition) is 1. The summed E-state index contributed by atoms with van der Waals surface area (Å²) in [6.07, 6.45) is 0. The Morgan fingerprint density at radius 1 is 1.26 bits per heavy atom. The van der Waals surface area contributed by atoms with E-state index in [9.17, 15) is 23.2 Å². The minimum atomic E-state index is -3.01. The average Bonchev–Trinajstić information content (AvgIpc) is 2.49. The first-order valence-electron chi connectivity index (χ1n) is 6.48. The molecule has 0 bridgehead atoms. The molecule has 0 heterocycles. The normalized spacial score (nSPS) is 10.1. The predicted octanol–water partition coefficient (Wildman–Crippen LogP) is 0.649. The van der Waals surface area contributed by atoms with Crippen LogP contribution in [0.3, 0.4) is 0 Å². The van der Waals surface area contributed by atoms with E-state index in [4.69, 9.17) is 4.74 Å². The van der Waals surface area contributed by atoms with Crippen molar-refractivity contribution < 1.29 is 32.6 Å². The SMILES string of the molecule is CN(C)C(=O)CNC(=O)COC(=O)c1cccc(OC(F)F)c1. The molecular weight excluding hydrogens is 314 g/mol. The highest BCUT2D eigenvalue weighted by Crippen LogP contribution is 2.16. The van der Waals surface area contributed by atoms with Crippen molar-refractivity contribution >= 4 is 17.8 Å². The smallest absolute Gasteiger partial charge is 0.387 e. The van der Waals surface area contributed by atoms with Gasteiger partial charge in [0.1, 0.15) is 5.75 Å². The van der Waals surface area contributed by atoms with Crippen LogP contribution in [-0.2, 0) is 14.3 Å². The fourth-order valence-electron chi connectivity index (χ4n) is 1.40. The third kappa shape index (κ3) is 6.72. The zero-order valence-corrected chi connectivity index (χ0v) is 12.5. The summed E-state index contributed by atoms with van der Waals surface area (Å²) < 4.78 is 33.1. The van der Waals surface area contributed by atoms with Crippen molar-refractivity contribution in [3.8, 4) is 5.75 Å². The molecule has 1 aromatic carbocycles. The molecule has 0 aliphatic carbocycles. The largest absolute Gasteiger partial charge is 0.452 e. The summed E-state index contributed by atoms with van der Waals surface area (Å²) in [5.41, 5.74) is -0.0414. The maximum absolute atomic E-state index is 12.1. The van der Waals surface area contributed by atoms with E-state index in [1.807, 2.05) is 0 Å². The molecule has 0 saturated heterocycles. The summed E-state index contributed by atoms with van der Waals surface area (Å²) >= 11 is 0. The van der Waals surface area contributed by atoms with Crippen LogP contribution in [0.5, 0.6) is 5.75 Å². The van der Waals surface area contributed by atoms with Crippen LogP contribution in [0.25, 0.3) is 0 Å². The Balaban J connectivity index is 2.47. The van der Waals surface area contributed by atoms with Crippen molar-refractivity contribution in [3.63, 3.8) is 0 Å². The Kier molecular flexibility index (Phi) is 6.91. The van der Waals surface area contributed by atoms with E-state index in [2.05, 4.69) is 10.1 Å². The van der Waals surface area contributed by atoms with Gasteiger partial charge in [0.15, 0.2) is 6.61 Å². The molecule has 0 fully saturated rings. The molecule has 2 amide bonds. The molecule has 1 N–H and O–H groups in total. The molecule has 0 spiro atoms. The number of benzene rings is 1. The van der Waals surface area contributed by atoms with Gasteiger partial charge in [0.2, 0.25) is 5.91 Å². The van der Waals surface area contributed by atoms with E-state index in [-0.39, 0.29) is 23.8 Å². The maximum Gasteiger partial charge on any atom is 0.387 e. The maximum atomic E-state index is 12.1. The molecule has 0 atom stereocenters. The average molecular weight is 330 g/mol. The molecule has 0 aliphatic rings. The number of esters is 1. The summed E-state index contributed by atoms with van der Waals surface area (Å²) in [7, 11) is 3.06. The second-order valence-electron chi connectivity index (χ2n) is 4.55. The van der Waals surface area contributed by atoms with Crippen molar-refractivity contribution in [1.82, 2.24) is 10.2 Å². The second kappa shape index (κ2) is 8.66. The van der Waals surface area contributed by atoms with E-state index in [1.54, 1.807) is 0 Å². The number of nitrogens with zero attached hydrogens (tertiary/aromatic N) is 1. The van der Waals surface area contributed by atoms with Crippen LogP contribution in [0.2, 0.25) is 0 Å². The molecule has 0 aromatic heterocycles. The number of alkyl halides is 2. The second-order valence-corrected chi connectivity index (χ2v) is 4.55. The number of amides is 2. The minimum Gasteiger partial charge on any atom is -0.452 e. The molecule has 9 heteroatoms. The fraction of sp³-hybridized carbons (Fsp3) is 0.357. The highest BCUT2D eigenvalue weighted by Gasteiger charge is 2.13. The van der Waals surface area contributed by atoms with Gasteiger partial charge in [-0.2, -0.15) is 8.78 Å². The van der Waals surface area contributed by atoms with Crippen LogP contribution in [-0.4, -0.2) is 56.5 Å². The lowest BCUT2D eigenvalue weighted by atomic mass is 10.2. The fourth-order valence-corrected chi connectivity index (χ4v) is 1.40. The summed E-state index contributed by atoms with van der Waals surface area (Å²) in [5, 5.41) is 2.28. The summed E-state index contributed by atoms with van der Waals surface area (Å²) in [6, 6.07) is 4.99. The lowest BCUT2D eigenvalue weighted by molar-refractivity contribution is -0.131. The molecule has 0 unspecified atom stereocenters. The predicted molar refractivity (Wildman–Crippen MR) is 75.1 cm³/mol. The number of carbonyl (C=O) groups is 3. The quantitative estimate of drug-likeness (QED) is 0.742. The Labute approximate surface area is 131 Å². The van der Waals surface area contributed by atoms with Crippen LogP contribution in [0.15, 0.2) is 24.3 Å². The Hall–Kier alpha value is -2.71. The van der Waals surface area contributed by atoms with Gasteiger partial charge in [0, 0.05) is 14.1 Å². The Morgan fingerprint density at radius 2 is 1.96 bits per heavy atom. The number of nitrogens with one attached hydrogen (secondary N) is 1. The van der Waals surface area contributed by atoms with E-state index < -0.39 is 25.1 Å². The van der Waals surface area contributed by atoms with Crippen LogP contribution in [0.4, 0.5) is 8.78 Å². The molecule has 0 saturated carbocycles. The Morgan fingerprint density at radius 3 is 2.57 bits per heavy atom. The lowest BCUT2D eigenvalue weighted by Crippen LogP contribution is -2.38. The zero-order chi connectivity index (χ0) is 17.4. The number of halogens is 2. The number of likely N-dealkylation sites (N-methyl/N-ethyl adjacent to an activating group) is 1. The molecule has 1 aromatic rings. The van der Waals surface area contributed by atoms with Gasteiger partial charge in [-0.05, 0) is 18.2 Å².